The number of hydrogen-bond donors (Lipinski definition) is 2. The van der Waals surface area contributed by atoms with Crippen molar-refractivity contribution in [3.63, 3.8) is 0 Å². The monoisotopic (exact) mass is 541 g/mol. The molecule has 3 heterocycles. The second kappa shape index (κ2) is 11.4. The van der Waals surface area contributed by atoms with Crippen molar-refractivity contribution in [1.29, 1.82) is 0 Å². The van der Waals surface area contributed by atoms with Gasteiger partial charge in [-0.05, 0) is 92.1 Å². The number of para-hydroxylation sites is 1. The third kappa shape index (κ3) is 5.43. The van der Waals surface area contributed by atoms with Crippen LogP contribution in [0.1, 0.15) is 53.6 Å². The largest absolute Gasteiger partial charge is 0.352 e. The Balaban J connectivity index is 1.48. The summed E-state index contributed by atoms with van der Waals surface area (Å²) in [6, 6.07) is 22.0. The molecule has 5 rings (SSSR count). The molecule has 1 saturated heterocycles. The molecular weight excluding hydrogens is 509 g/mol. The Kier molecular flexibility index (Phi) is 7.74. The quantitative estimate of drug-likeness (QED) is 0.261. The first-order valence-electron chi connectivity index (χ1n) is 13.2. The van der Waals surface area contributed by atoms with Gasteiger partial charge in [-0.1, -0.05) is 31.2 Å². The van der Waals surface area contributed by atoms with E-state index in [1.807, 2.05) is 18.2 Å². The van der Waals surface area contributed by atoms with E-state index in [1.54, 1.807) is 18.3 Å². The van der Waals surface area contributed by atoms with E-state index in [9.17, 15) is 9.18 Å². The highest BCUT2D eigenvalue weighted by Gasteiger charge is 2.41. The van der Waals surface area contributed by atoms with Gasteiger partial charge in [-0.3, -0.25) is 9.78 Å². The normalized spacial score (nSPS) is 16.8. The summed E-state index contributed by atoms with van der Waals surface area (Å²) in [7, 11) is 0. The van der Waals surface area contributed by atoms with Crippen LogP contribution >= 0.6 is 12.2 Å². The maximum absolute atomic E-state index is 13.3. The Morgan fingerprint density at radius 2 is 1.82 bits per heavy atom. The molecule has 0 radical (unpaired) electrons. The molecule has 1 aliphatic heterocycles. The van der Waals surface area contributed by atoms with Crippen LogP contribution in [-0.4, -0.2) is 32.0 Å². The molecular formula is C31H32FN5OS. The van der Waals surface area contributed by atoms with E-state index in [4.69, 9.17) is 12.2 Å². The number of benzene rings is 2. The van der Waals surface area contributed by atoms with E-state index < -0.39 is 0 Å². The van der Waals surface area contributed by atoms with Crippen LogP contribution in [0.5, 0.6) is 0 Å². The molecule has 0 unspecified atom stereocenters. The molecule has 8 heteroatoms. The SMILES string of the molecule is CCc1ccccc1-n1c(C)cc([C@@H]2[C@@H](c3ccccn3)NC(=S)N2CCC(=O)Nc2ccc(F)cc2)c1C. The number of hydrogen-bond acceptors (Lipinski definition) is 3. The molecule has 0 aliphatic carbocycles. The average Bonchev–Trinajstić information content (AvgIpc) is 3.43. The molecule has 2 aromatic heterocycles. The van der Waals surface area contributed by atoms with Crippen molar-refractivity contribution < 1.29 is 9.18 Å². The van der Waals surface area contributed by atoms with Gasteiger partial charge in [-0.25, -0.2) is 4.39 Å². The fourth-order valence-electron chi connectivity index (χ4n) is 5.45. The van der Waals surface area contributed by atoms with Gasteiger partial charge in [-0.2, -0.15) is 0 Å². The fourth-order valence-corrected chi connectivity index (χ4v) is 5.78. The molecule has 6 nitrogen and oxygen atoms in total. The molecule has 4 aromatic rings. The topological polar surface area (TPSA) is 62.2 Å². The standard InChI is InChI=1S/C31H32FN5OS/c1-4-22-9-5-6-11-27(22)37-20(2)19-25(21(37)3)30-29(26-10-7-8-17-33-26)35-31(39)36(30)18-16-28(38)34-24-14-12-23(32)13-15-24/h5-15,17,19,29-30H,4,16,18H2,1-3H3,(H,34,38)(H,35,39)/t29-,30-/m1/s1. The minimum atomic E-state index is -0.343. The summed E-state index contributed by atoms with van der Waals surface area (Å²) in [6.45, 7) is 6.86. The number of carbonyl (C=O) groups excluding carboxylic acids is 1. The molecule has 2 atom stereocenters. The van der Waals surface area contributed by atoms with E-state index in [1.165, 1.54) is 23.4 Å². The van der Waals surface area contributed by atoms with E-state index >= 15 is 0 Å². The zero-order chi connectivity index (χ0) is 27.5. The molecule has 39 heavy (non-hydrogen) atoms. The molecule has 0 saturated carbocycles. The number of amides is 1. The number of halogens is 1. The van der Waals surface area contributed by atoms with Crippen LogP contribution in [0.4, 0.5) is 10.1 Å². The van der Waals surface area contributed by atoms with Crippen molar-refractivity contribution in [3.05, 3.63) is 113 Å². The van der Waals surface area contributed by atoms with Crippen molar-refractivity contribution in [2.75, 3.05) is 11.9 Å². The van der Waals surface area contributed by atoms with Gasteiger partial charge in [0.25, 0.3) is 0 Å². The van der Waals surface area contributed by atoms with Gasteiger partial charge >= 0.3 is 0 Å². The second-order valence-electron chi connectivity index (χ2n) is 9.77. The predicted molar refractivity (Wildman–Crippen MR) is 156 cm³/mol. The van der Waals surface area contributed by atoms with Crippen LogP contribution in [-0.2, 0) is 11.2 Å². The summed E-state index contributed by atoms with van der Waals surface area (Å²) in [5.74, 6) is -0.504. The van der Waals surface area contributed by atoms with Crippen molar-refractivity contribution in [1.82, 2.24) is 19.8 Å². The van der Waals surface area contributed by atoms with E-state index in [0.29, 0.717) is 17.3 Å². The molecule has 200 valence electrons. The molecule has 1 aliphatic rings. The number of carbonyl (C=O) groups is 1. The Bertz CT molecular complexity index is 1480. The Morgan fingerprint density at radius 1 is 1.08 bits per heavy atom. The van der Waals surface area contributed by atoms with Gasteiger partial charge in [0, 0.05) is 41.9 Å². The van der Waals surface area contributed by atoms with Crippen LogP contribution in [0.15, 0.2) is 79.0 Å². The summed E-state index contributed by atoms with van der Waals surface area (Å²) >= 11 is 5.81. The van der Waals surface area contributed by atoms with Gasteiger partial charge in [0.05, 0.1) is 17.8 Å². The number of rotatable bonds is 8. The lowest BCUT2D eigenvalue weighted by Gasteiger charge is -2.28. The zero-order valence-electron chi connectivity index (χ0n) is 22.3. The van der Waals surface area contributed by atoms with Crippen LogP contribution in [0, 0.1) is 19.7 Å². The first-order chi connectivity index (χ1) is 18.9. The third-order valence-electron chi connectivity index (χ3n) is 7.31. The van der Waals surface area contributed by atoms with Crippen LogP contribution < -0.4 is 10.6 Å². The number of thiocarbonyl (C=S) groups is 1. The molecule has 1 fully saturated rings. The molecule has 2 aromatic carbocycles. The summed E-state index contributed by atoms with van der Waals surface area (Å²) in [5, 5.41) is 6.92. The molecule has 0 spiro atoms. The van der Waals surface area contributed by atoms with E-state index in [2.05, 4.69) is 76.2 Å². The number of aryl methyl sites for hydroxylation is 2. The van der Waals surface area contributed by atoms with Crippen molar-refractivity contribution >= 4 is 28.9 Å². The highest BCUT2D eigenvalue weighted by atomic mass is 32.1. The first-order valence-corrected chi connectivity index (χ1v) is 13.6. The third-order valence-corrected chi connectivity index (χ3v) is 7.66. The van der Waals surface area contributed by atoms with Gasteiger partial charge in [0.15, 0.2) is 5.11 Å². The number of nitrogens with one attached hydrogen (secondary N) is 2. The van der Waals surface area contributed by atoms with Crippen LogP contribution in [0.3, 0.4) is 0 Å². The van der Waals surface area contributed by atoms with E-state index in [-0.39, 0.29) is 30.2 Å². The maximum Gasteiger partial charge on any atom is 0.226 e. The van der Waals surface area contributed by atoms with Crippen molar-refractivity contribution in [3.8, 4) is 5.69 Å². The minimum Gasteiger partial charge on any atom is -0.352 e. The summed E-state index contributed by atoms with van der Waals surface area (Å²) < 4.78 is 15.6. The van der Waals surface area contributed by atoms with Crippen LogP contribution in [0.25, 0.3) is 5.69 Å². The fraction of sp³-hybridized carbons (Fsp3) is 0.258. The lowest BCUT2D eigenvalue weighted by atomic mass is 9.96. The van der Waals surface area contributed by atoms with E-state index in [0.717, 1.165) is 29.1 Å². The lowest BCUT2D eigenvalue weighted by molar-refractivity contribution is -0.116. The summed E-state index contributed by atoms with van der Waals surface area (Å²) in [6.07, 6.45) is 2.95. The second-order valence-corrected chi connectivity index (χ2v) is 10.2. The predicted octanol–water partition coefficient (Wildman–Crippen LogP) is 6.19. The Morgan fingerprint density at radius 3 is 2.54 bits per heavy atom. The Hall–Kier alpha value is -4.04. The smallest absolute Gasteiger partial charge is 0.226 e. The number of nitrogens with zero attached hydrogens (tertiary/aromatic N) is 3. The molecule has 1 amide bonds. The highest BCUT2D eigenvalue weighted by molar-refractivity contribution is 7.80. The van der Waals surface area contributed by atoms with Gasteiger partial charge in [0.2, 0.25) is 5.91 Å². The van der Waals surface area contributed by atoms with Gasteiger partial charge in [0.1, 0.15) is 5.82 Å². The van der Waals surface area contributed by atoms with Gasteiger partial charge in [-0.15, -0.1) is 0 Å². The number of anilines is 1. The Labute approximate surface area is 233 Å². The molecule has 2 N–H and O–H groups in total. The lowest BCUT2D eigenvalue weighted by Crippen LogP contribution is -2.32. The molecule has 0 bridgehead atoms. The highest BCUT2D eigenvalue weighted by Crippen LogP contribution is 2.41. The average molecular weight is 542 g/mol. The number of pyridine rings is 1. The van der Waals surface area contributed by atoms with Crippen molar-refractivity contribution in [2.45, 2.75) is 45.7 Å². The summed E-state index contributed by atoms with van der Waals surface area (Å²) in [5.41, 5.74) is 7.31. The number of aromatic nitrogens is 2. The van der Waals surface area contributed by atoms with Crippen molar-refractivity contribution in [2.24, 2.45) is 0 Å². The maximum atomic E-state index is 13.3. The zero-order valence-corrected chi connectivity index (χ0v) is 23.1. The first kappa shape index (κ1) is 26.6. The van der Waals surface area contributed by atoms with Gasteiger partial charge < -0.3 is 20.1 Å². The summed E-state index contributed by atoms with van der Waals surface area (Å²) in [4.78, 5) is 19.6. The minimum absolute atomic E-state index is 0.153. The van der Waals surface area contributed by atoms with Crippen LogP contribution in [0.2, 0.25) is 0 Å².